The van der Waals surface area contributed by atoms with E-state index in [-0.39, 0.29) is 5.43 Å². The molecule has 6 rings (SSSR count). The van der Waals surface area contributed by atoms with Crippen LogP contribution in [0.5, 0.6) is 0 Å². The van der Waals surface area contributed by atoms with Gasteiger partial charge in [-0.2, -0.15) is 0 Å². The second-order valence-corrected chi connectivity index (χ2v) is 34.8. The van der Waals surface area contributed by atoms with Crippen molar-refractivity contribution in [3.63, 3.8) is 0 Å². The summed E-state index contributed by atoms with van der Waals surface area (Å²) in [4.78, 5) is 0. The SMILES string of the molecule is CCCc1cc(C)cc2[cH-]c(-c3ccccc3)cc12.CCCc1cc(C)cc2[cH-]c(-c3ccccc3)cc12.C[Si](C)=[Zr]([Cl])[Cl]. The molecule has 0 radical (unpaired) electrons. The Hall–Kier alpha value is -2.22. The van der Waals surface area contributed by atoms with Crippen LogP contribution in [0.25, 0.3) is 43.8 Å². The van der Waals surface area contributed by atoms with Gasteiger partial charge in [0.15, 0.2) is 0 Å². The van der Waals surface area contributed by atoms with Crippen molar-refractivity contribution in [2.24, 2.45) is 0 Å². The van der Waals surface area contributed by atoms with E-state index in [1.807, 2.05) is 0 Å². The van der Waals surface area contributed by atoms with Crippen LogP contribution in [0.1, 0.15) is 48.9 Å². The maximum atomic E-state index is 5.62. The molecule has 0 aliphatic rings. The Labute approximate surface area is 280 Å². The minimum atomic E-state index is -1.65. The van der Waals surface area contributed by atoms with Gasteiger partial charge in [0.25, 0.3) is 0 Å². The molecule has 228 valence electrons. The van der Waals surface area contributed by atoms with Gasteiger partial charge in [-0.3, -0.25) is 0 Å². The third-order valence-corrected chi connectivity index (χ3v) is 27.5. The molecule has 0 heterocycles. The molecule has 0 aliphatic heterocycles. The van der Waals surface area contributed by atoms with Crippen molar-refractivity contribution < 1.29 is 18.0 Å². The first-order valence-electron chi connectivity index (χ1n) is 15.7. The van der Waals surface area contributed by atoms with E-state index >= 15 is 0 Å². The Morgan fingerprint density at radius 1 is 0.591 bits per heavy atom. The molecule has 0 aromatic heterocycles. The molecular weight excluding hydrogens is 671 g/mol. The number of benzene rings is 4. The van der Waals surface area contributed by atoms with E-state index in [0.29, 0.717) is 0 Å². The molecule has 0 amide bonds. The Bertz CT molecular complexity index is 1680. The normalized spacial score (nSPS) is 10.6. The molecule has 0 fully saturated rings. The van der Waals surface area contributed by atoms with Gasteiger partial charge in [-0.15, -0.1) is 69.1 Å². The van der Waals surface area contributed by atoms with E-state index in [0.717, 1.165) is 12.8 Å². The molecule has 0 atom stereocenters. The van der Waals surface area contributed by atoms with Crippen LogP contribution in [0, 0.1) is 13.8 Å². The summed E-state index contributed by atoms with van der Waals surface area (Å²) >= 11 is -1.65. The molecule has 6 aromatic rings. The summed E-state index contributed by atoms with van der Waals surface area (Å²) in [6.45, 7) is 13.2. The van der Waals surface area contributed by atoms with Crippen LogP contribution in [0.3, 0.4) is 0 Å². The van der Waals surface area contributed by atoms with Crippen LogP contribution in [0.2, 0.25) is 13.1 Å². The van der Waals surface area contributed by atoms with Gasteiger partial charge < -0.3 is 0 Å². The van der Waals surface area contributed by atoms with Gasteiger partial charge in [0.1, 0.15) is 0 Å². The molecule has 0 bridgehead atoms. The van der Waals surface area contributed by atoms with Crippen molar-refractivity contribution in [3.8, 4) is 22.3 Å². The number of hydrogen-bond donors (Lipinski definition) is 0. The molecule has 4 heteroatoms. The van der Waals surface area contributed by atoms with Gasteiger partial charge in [-0.25, -0.2) is 0 Å². The second-order valence-electron chi connectivity index (χ2n) is 11.8. The quantitative estimate of drug-likeness (QED) is 0.119. The van der Waals surface area contributed by atoms with Crippen LogP contribution >= 0.6 is 17.0 Å². The monoisotopic (exact) mass is 712 g/mol. The Balaban J connectivity index is 0.000000170. The molecule has 6 aromatic carbocycles. The van der Waals surface area contributed by atoms with Gasteiger partial charge in [0.2, 0.25) is 0 Å². The third kappa shape index (κ3) is 9.40. The molecule has 0 nitrogen and oxygen atoms in total. The Morgan fingerprint density at radius 3 is 1.27 bits per heavy atom. The molecule has 0 saturated carbocycles. The van der Waals surface area contributed by atoms with Gasteiger partial charge >= 0.3 is 53.5 Å². The van der Waals surface area contributed by atoms with Gasteiger partial charge in [-0.1, -0.05) is 133 Å². The topological polar surface area (TPSA) is 0 Å². The van der Waals surface area contributed by atoms with E-state index in [9.17, 15) is 0 Å². The number of fused-ring (bicyclic) bond motifs is 2. The minimum absolute atomic E-state index is 0.224. The Morgan fingerprint density at radius 2 is 0.955 bits per heavy atom. The summed E-state index contributed by atoms with van der Waals surface area (Å²) in [5.41, 5.74) is 10.7. The summed E-state index contributed by atoms with van der Waals surface area (Å²) in [5, 5.41) is 5.60. The number of rotatable bonds is 6. The van der Waals surface area contributed by atoms with Gasteiger partial charge in [0.05, 0.1) is 0 Å². The van der Waals surface area contributed by atoms with Crippen molar-refractivity contribution in [3.05, 3.63) is 131 Å². The zero-order chi connectivity index (χ0) is 31.6. The van der Waals surface area contributed by atoms with Crippen molar-refractivity contribution in [2.75, 3.05) is 0 Å². The summed E-state index contributed by atoms with van der Waals surface area (Å²) in [7, 11) is 11.2. The predicted molar refractivity (Wildman–Crippen MR) is 197 cm³/mol. The van der Waals surface area contributed by atoms with Crippen LogP contribution in [-0.2, 0) is 30.8 Å². The fourth-order valence-corrected chi connectivity index (χ4v) is 5.67. The number of aryl methyl sites for hydroxylation is 4. The average molecular weight is 715 g/mol. The van der Waals surface area contributed by atoms with E-state index in [1.54, 1.807) is 0 Å². The first-order valence-corrected chi connectivity index (χ1v) is 28.2. The van der Waals surface area contributed by atoms with Crippen LogP contribution in [0.4, 0.5) is 0 Å². The van der Waals surface area contributed by atoms with Crippen molar-refractivity contribution in [1.82, 2.24) is 0 Å². The zero-order valence-electron chi connectivity index (χ0n) is 27.0. The van der Waals surface area contributed by atoms with Crippen molar-refractivity contribution >= 4 is 44.0 Å². The molecule has 0 unspecified atom stereocenters. The molecule has 0 saturated heterocycles. The fraction of sp³-hybridized carbons (Fsp3) is 0.250. The van der Waals surface area contributed by atoms with Crippen LogP contribution in [-0.4, -0.2) is 5.43 Å². The molecule has 0 spiro atoms. The predicted octanol–water partition coefficient (Wildman–Crippen LogP) is 13.1. The molecule has 0 N–H and O–H groups in total. The zero-order valence-corrected chi connectivity index (χ0v) is 31.9. The summed E-state index contributed by atoms with van der Waals surface area (Å²) in [5.74, 6) is 0. The van der Waals surface area contributed by atoms with Gasteiger partial charge in [-0.05, 0) is 26.7 Å². The first kappa shape index (κ1) is 34.6. The molecule has 0 aliphatic carbocycles. The van der Waals surface area contributed by atoms with E-state index in [4.69, 9.17) is 17.0 Å². The molecule has 44 heavy (non-hydrogen) atoms. The van der Waals surface area contributed by atoms with E-state index < -0.39 is 18.0 Å². The van der Waals surface area contributed by atoms with Crippen LogP contribution in [0.15, 0.2) is 109 Å². The number of halogens is 2. The van der Waals surface area contributed by atoms with Crippen LogP contribution < -0.4 is 0 Å². The summed E-state index contributed by atoms with van der Waals surface area (Å²) in [6.07, 6.45) is 4.72. The second kappa shape index (κ2) is 16.9. The first-order chi connectivity index (χ1) is 21.2. The Kier molecular flexibility index (Phi) is 13.3. The summed E-state index contributed by atoms with van der Waals surface area (Å²) in [6, 6.07) is 39.8. The fourth-order valence-electron chi connectivity index (χ4n) is 5.67. The van der Waals surface area contributed by atoms with E-state index in [2.05, 4.69) is 150 Å². The van der Waals surface area contributed by atoms with Crippen molar-refractivity contribution in [1.29, 1.82) is 0 Å². The maximum absolute atomic E-state index is 5.62. The summed E-state index contributed by atoms with van der Waals surface area (Å²) < 4.78 is 0. The van der Waals surface area contributed by atoms with Crippen molar-refractivity contribution in [2.45, 2.75) is 66.5 Å². The number of hydrogen-bond acceptors (Lipinski definition) is 0. The standard InChI is InChI=1S/2C19H19.C2H6Si.2ClH.Zr/c2*1-3-7-16-10-14(2)11-18-12-17(13-19(16)18)15-8-5-4-6-9-15;1-3-2;;;/h2*4-6,8-13H,3,7H2,1-2H3;1-2H3;2*1H;/q2*-1;;;;+2/p-2. The third-order valence-electron chi connectivity index (χ3n) is 7.74. The molecular formula is C40H44Cl2SiZr-2. The van der Waals surface area contributed by atoms with E-state index in [1.165, 1.54) is 78.9 Å². The average Bonchev–Trinajstić information content (AvgIpc) is 3.64. The van der Waals surface area contributed by atoms with Gasteiger partial charge in [0, 0.05) is 0 Å².